The summed E-state index contributed by atoms with van der Waals surface area (Å²) in [6, 6.07) is 17.8. The molecule has 11 heteroatoms. The fourth-order valence-electron chi connectivity index (χ4n) is 3.32. The molecule has 0 aliphatic carbocycles. The number of nitrogens with zero attached hydrogens (tertiary/aromatic N) is 2. The van der Waals surface area contributed by atoms with E-state index in [1.807, 2.05) is 0 Å². The number of hydrazone groups is 1. The van der Waals surface area contributed by atoms with E-state index in [1.165, 1.54) is 55.8 Å². The van der Waals surface area contributed by atoms with Crippen LogP contribution in [0, 0.1) is 15.9 Å². The van der Waals surface area contributed by atoms with Gasteiger partial charge in [0.1, 0.15) is 23.9 Å². The van der Waals surface area contributed by atoms with Gasteiger partial charge in [0, 0.05) is 23.3 Å². The second-order valence-corrected chi connectivity index (χ2v) is 8.01. The van der Waals surface area contributed by atoms with Crippen molar-refractivity contribution < 1.29 is 28.0 Å². The van der Waals surface area contributed by atoms with Gasteiger partial charge >= 0.3 is 0 Å². The third-order valence-electron chi connectivity index (χ3n) is 5.12. The molecular weight excluding hydrogens is 505 g/mol. The maximum absolute atomic E-state index is 13.4. The van der Waals surface area contributed by atoms with Gasteiger partial charge in [-0.1, -0.05) is 23.7 Å². The van der Waals surface area contributed by atoms with Crippen LogP contribution in [0.2, 0.25) is 5.02 Å². The number of hydrogen-bond acceptors (Lipinski definition) is 7. The number of rotatable bonds is 9. The second-order valence-electron chi connectivity index (χ2n) is 7.61. The van der Waals surface area contributed by atoms with Crippen molar-refractivity contribution >= 4 is 29.4 Å². The Morgan fingerprint density at radius 1 is 1.14 bits per heavy atom. The van der Waals surface area contributed by atoms with Crippen molar-refractivity contribution in [3.63, 3.8) is 0 Å². The minimum absolute atomic E-state index is 0.122. The van der Waals surface area contributed by atoms with Crippen LogP contribution in [0.5, 0.6) is 11.5 Å². The van der Waals surface area contributed by atoms with Crippen LogP contribution in [0.3, 0.4) is 0 Å². The number of furan rings is 1. The summed E-state index contributed by atoms with van der Waals surface area (Å²) in [4.78, 5) is 23.0. The molecule has 3 aromatic carbocycles. The molecule has 9 nitrogen and oxygen atoms in total. The Labute approximate surface area is 215 Å². The van der Waals surface area contributed by atoms with E-state index in [9.17, 15) is 19.3 Å². The molecule has 1 N–H and O–H groups in total. The number of non-ortho nitro benzene ring substituents is 1. The predicted molar refractivity (Wildman–Crippen MR) is 135 cm³/mol. The normalized spacial score (nSPS) is 10.9. The van der Waals surface area contributed by atoms with Crippen molar-refractivity contribution in [1.82, 2.24) is 5.43 Å². The van der Waals surface area contributed by atoms with E-state index in [0.29, 0.717) is 28.4 Å². The van der Waals surface area contributed by atoms with Gasteiger partial charge in [-0.05, 0) is 54.1 Å². The number of carbonyl (C=O) groups is 1. The number of nitrogens with one attached hydrogen (secondary N) is 1. The smallest absolute Gasteiger partial charge is 0.271 e. The highest BCUT2D eigenvalue weighted by Gasteiger charge is 2.15. The van der Waals surface area contributed by atoms with Crippen LogP contribution in [0.15, 0.2) is 82.3 Å². The molecule has 1 amide bonds. The van der Waals surface area contributed by atoms with Crippen LogP contribution >= 0.6 is 11.6 Å². The topological polar surface area (TPSA) is 116 Å². The molecule has 0 aliphatic rings. The molecule has 0 saturated carbocycles. The third-order valence-corrected chi connectivity index (χ3v) is 5.45. The molecule has 4 rings (SSSR count). The minimum Gasteiger partial charge on any atom is -0.493 e. The van der Waals surface area contributed by atoms with Gasteiger partial charge in [-0.2, -0.15) is 5.10 Å². The van der Waals surface area contributed by atoms with Gasteiger partial charge in [0.2, 0.25) is 0 Å². The Morgan fingerprint density at radius 2 is 1.97 bits per heavy atom. The van der Waals surface area contributed by atoms with Crippen LogP contribution in [0.4, 0.5) is 10.1 Å². The van der Waals surface area contributed by atoms with Gasteiger partial charge in [0.25, 0.3) is 11.6 Å². The maximum atomic E-state index is 13.4. The summed E-state index contributed by atoms with van der Waals surface area (Å²) in [5.74, 6) is 0.419. The summed E-state index contributed by atoms with van der Waals surface area (Å²) in [5, 5.41) is 15.2. The lowest BCUT2D eigenvalue weighted by molar-refractivity contribution is -0.384. The largest absolute Gasteiger partial charge is 0.493 e. The molecule has 0 spiro atoms. The zero-order valence-corrected chi connectivity index (χ0v) is 20.1. The van der Waals surface area contributed by atoms with Crippen molar-refractivity contribution in [1.29, 1.82) is 0 Å². The summed E-state index contributed by atoms with van der Waals surface area (Å²) in [6.45, 7) is 0.122. The zero-order chi connectivity index (χ0) is 26.4. The molecule has 0 unspecified atom stereocenters. The Kier molecular flexibility index (Phi) is 7.80. The first-order valence-electron chi connectivity index (χ1n) is 10.8. The molecule has 0 aliphatic heterocycles. The van der Waals surface area contributed by atoms with Gasteiger partial charge in [0.05, 0.1) is 23.3 Å². The number of amides is 1. The second kappa shape index (κ2) is 11.4. The fraction of sp³-hybridized carbons (Fsp3) is 0.0769. The number of hydrogen-bond donors (Lipinski definition) is 1. The van der Waals surface area contributed by atoms with Crippen LogP contribution in [0.1, 0.15) is 21.7 Å². The lowest BCUT2D eigenvalue weighted by atomic mass is 10.1. The number of carbonyl (C=O) groups excluding carboxylic acids is 1. The highest BCUT2D eigenvalue weighted by atomic mass is 35.5. The molecule has 0 radical (unpaired) electrons. The van der Waals surface area contributed by atoms with Crippen LogP contribution in [-0.4, -0.2) is 24.2 Å². The first kappa shape index (κ1) is 25.4. The Balaban J connectivity index is 1.40. The number of ether oxygens (including phenoxy) is 2. The molecular formula is C26H19ClFN3O6. The SMILES string of the molecule is COc1cc(C(=O)N/N=C/c2ccc(-c3cc([N+](=O)[O-])ccc3Cl)o2)ccc1OCc1cccc(F)c1. The summed E-state index contributed by atoms with van der Waals surface area (Å²) in [7, 11) is 1.44. The molecule has 0 bridgehead atoms. The fourth-order valence-corrected chi connectivity index (χ4v) is 3.53. The van der Waals surface area contributed by atoms with Gasteiger partial charge in [-0.15, -0.1) is 0 Å². The Morgan fingerprint density at radius 3 is 2.73 bits per heavy atom. The molecule has 0 atom stereocenters. The standard InChI is InChI=1S/C26H19ClFN3O6/c1-35-25-12-17(5-9-24(25)36-15-16-3-2-4-18(28)11-16)26(32)30-29-14-20-7-10-23(37-20)21-13-19(31(33)34)6-8-22(21)27/h2-14H,15H2,1H3,(H,30,32)/b29-14+. The van der Waals surface area contributed by atoms with E-state index in [2.05, 4.69) is 10.5 Å². The van der Waals surface area contributed by atoms with Crippen molar-refractivity contribution in [3.8, 4) is 22.8 Å². The van der Waals surface area contributed by atoms with Crippen molar-refractivity contribution in [2.24, 2.45) is 5.10 Å². The first-order valence-corrected chi connectivity index (χ1v) is 11.1. The van der Waals surface area contributed by atoms with Gasteiger partial charge in [-0.3, -0.25) is 14.9 Å². The van der Waals surface area contributed by atoms with E-state index < -0.39 is 10.8 Å². The quantitative estimate of drug-likeness (QED) is 0.163. The van der Waals surface area contributed by atoms with Crippen molar-refractivity contribution in [3.05, 3.63) is 111 Å². The summed E-state index contributed by atoms with van der Waals surface area (Å²) >= 11 is 6.14. The molecule has 0 saturated heterocycles. The number of benzene rings is 3. The van der Waals surface area contributed by atoms with Crippen LogP contribution in [-0.2, 0) is 6.61 Å². The van der Waals surface area contributed by atoms with Gasteiger partial charge < -0.3 is 13.9 Å². The van der Waals surface area contributed by atoms with E-state index in [-0.39, 0.29) is 34.5 Å². The highest BCUT2D eigenvalue weighted by Crippen LogP contribution is 2.32. The van der Waals surface area contributed by atoms with E-state index in [1.54, 1.807) is 30.3 Å². The molecule has 0 fully saturated rings. The molecule has 4 aromatic rings. The van der Waals surface area contributed by atoms with Gasteiger partial charge in [-0.25, -0.2) is 9.82 Å². The molecule has 188 valence electrons. The summed E-state index contributed by atoms with van der Waals surface area (Å²) in [5.41, 5.74) is 3.52. The Hall–Kier alpha value is -4.70. The average molecular weight is 524 g/mol. The van der Waals surface area contributed by atoms with Crippen LogP contribution in [0.25, 0.3) is 11.3 Å². The lowest BCUT2D eigenvalue weighted by Gasteiger charge is -2.12. The zero-order valence-electron chi connectivity index (χ0n) is 19.3. The number of methoxy groups -OCH3 is 1. The third kappa shape index (κ3) is 6.30. The number of nitro groups is 1. The first-order chi connectivity index (χ1) is 17.8. The number of halogens is 2. The minimum atomic E-state index is -0.529. The molecule has 37 heavy (non-hydrogen) atoms. The van der Waals surface area contributed by atoms with Gasteiger partial charge in [0.15, 0.2) is 11.5 Å². The maximum Gasteiger partial charge on any atom is 0.271 e. The molecule has 1 heterocycles. The van der Waals surface area contributed by atoms with Crippen LogP contribution < -0.4 is 14.9 Å². The molecule has 1 aromatic heterocycles. The van der Waals surface area contributed by atoms with E-state index in [4.69, 9.17) is 25.5 Å². The Bertz CT molecular complexity index is 1490. The van der Waals surface area contributed by atoms with Crippen molar-refractivity contribution in [2.45, 2.75) is 6.61 Å². The van der Waals surface area contributed by atoms with E-state index >= 15 is 0 Å². The average Bonchev–Trinajstić information content (AvgIpc) is 3.36. The van der Waals surface area contributed by atoms with Crippen molar-refractivity contribution in [2.75, 3.05) is 7.11 Å². The summed E-state index contributed by atoms with van der Waals surface area (Å²) in [6.07, 6.45) is 1.28. The van der Waals surface area contributed by atoms with E-state index in [0.717, 1.165) is 0 Å². The lowest BCUT2D eigenvalue weighted by Crippen LogP contribution is -2.17. The highest BCUT2D eigenvalue weighted by molar-refractivity contribution is 6.33. The monoisotopic (exact) mass is 523 g/mol. The number of nitro benzene ring substituents is 1. The summed E-state index contributed by atoms with van der Waals surface area (Å²) < 4.78 is 30.0. The predicted octanol–water partition coefficient (Wildman–Crippen LogP) is 6.00.